The van der Waals surface area contributed by atoms with E-state index in [1.807, 2.05) is 49.4 Å². The second kappa shape index (κ2) is 7.82. The standard InChI is InChI=1S/C16H17Br2NO2/c1-11(19)15-10-13(18)4-7-16(15)21-9-8-20-14-5-2-12(17)3-6-14/h2-7,10-11H,8-9,19H2,1H3. The molecule has 0 heterocycles. The molecule has 0 aromatic heterocycles. The van der Waals surface area contributed by atoms with Crippen molar-refractivity contribution in [1.82, 2.24) is 0 Å². The van der Waals surface area contributed by atoms with E-state index in [-0.39, 0.29) is 6.04 Å². The molecule has 5 heteroatoms. The Kier molecular flexibility index (Phi) is 6.08. The maximum atomic E-state index is 5.96. The molecule has 2 aromatic carbocycles. The van der Waals surface area contributed by atoms with Crippen LogP contribution in [0.1, 0.15) is 18.5 Å². The van der Waals surface area contributed by atoms with Crippen molar-refractivity contribution in [3.8, 4) is 11.5 Å². The zero-order valence-electron chi connectivity index (χ0n) is 11.7. The Morgan fingerprint density at radius 1 is 0.952 bits per heavy atom. The fourth-order valence-electron chi connectivity index (χ4n) is 1.85. The Labute approximate surface area is 141 Å². The van der Waals surface area contributed by atoms with E-state index in [1.54, 1.807) is 0 Å². The first-order chi connectivity index (χ1) is 10.1. The van der Waals surface area contributed by atoms with Gasteiger partial charge in [0.1, 0.15) is 24.7 Å². The maximum absolute atomic E-state index is 5.96. The number of hydrogen-bond donors (Lipinski definition) is 1. The van der Waals surface area contributed by atoms with Crippen molar-refractivity contribution in [3.63, 3.8) is 0 Å². The highest BCUT2D eigenvalue weighted by Gasteiger charge is 2.08. The number of halogens is 2. The van der Waals surface area contributed by atoms with E-state index in [4.69, 9.17) is 15.2 Å². The van der Waals surface area contributed by atoms with E-state index in [0.717, 1.165) is 26.0 Å². The fraction of sp³-hybridized carbons (Fsp3) is 0.250. The third kappa shape index (κ3) is 5.02. The summed E-state index contributed by atoms with van der Waals surface area (Å²) in [6.07, 6.45) is 0. The summed E-state index contributed by atoms with van der Waals surface area (Å²) in [5, 5.41) is 0. The quantitative estimate of drug-likeness (QED) is 0.697. The van der Waals surface area contributed by atoms with Gasteiger partial charge in [0.05, 0.1) is 0 Å². The monoisotopic (exact) mass is 413 g/mol. The van der Waals surface area contributed by atoms with E-state index in [1.165, 1.54) is 0 Å². The highest BCUT2D eigenvalue weighted by Crippen LogP contribution is 2.27. The number of hydrogen-bond acceptors (Lipinski definition) is 3. The lowest BCUT2D eigenvalue weighted by Gasteiger charge is -2.15. The molecule has 1 unspecified atom stereocenters. The Hall–Kier alpha value is -1.04. The SMILES string of the molecule is CC(N)c1cc(Br)ccc1OCCOc1ccc(Br)cc1. The molecular formula is C16H17Br2NO2. The molecule has 0 saturated carbocycles. The number of benzene rings is 2. The molecule has 0 radical (unpaired) electrons. The summed E-state index contributed by atoms with van der Waals surface area (Å²) in [6.45, 7) is 2.89. The van der Waals surface area contributed by atoms with Gasteiger partial charge in [0.25, 0.3) is 0 Å². The number of nitrogens with two attached hydrogens (primary N) is 1. The van der Waals surface area contributed by atoms with E-state index in [2.05, 4.69) is 31.9 Å². The predicted octanol–water partition coefficient (Wildman–Crippen LogP) is 4.69. The zero-order chi connectivity index (χ0) is 15.2. The fourth-order valence-corrected chi connectivity index (χ4v) is 2.49. The third-order valence-corrected chi connectivity index (χ3v) is 3.91. The van der Waals surface area contributed by atoms with Crippen LogP contribution in [0, 0.1) is 0 Å². The van der Waals surface area contributed by atoms with E-state index in [9.17, 15) is 0 Å². The van der Waals surface area contributed by atoms with Crippen molar-refractivity contribution in [2.45, 2.75) is 13.0 Å². The van der Waals surface area contributed by atoms with Crippen molar-refractivity contribution in [2.75, 3.05) is 13.2 Å². The van der Waals surface area contributed by atoms with E-state index in [0.29, 0.717) is 13.2 Å². The molecule has 0 saturated heterocycles. The summed E-state index contributed by atoms with van der Waals surface area (Å²) < 4.78 is 13.4. The first-order valence-corrected chi connectivity index (χ1v) is 8.21. The second-order valence-electron chi connectivity index (χ2n) is 4.62. The van der Waals surface area contributed by atoms with Gasteiger partial charge >= 0.3 is 0 Å². The molecule has 0 aliphatic heterocycles. The van der Waals surface area contributed by atoms with Gasteiger partial charge < -0.3 is 15.2 Å². The zero-order valence-corrected chi connectivity index (χ0v) is 14.9. The van der Waals surface area contributed by atoms with Gasteiger partial charge in [-0.2, -0.15) is 0 Å². The molecule has 2 rings (SSSR count). The van der Waals surface area contributed by atoms with Crippen LogP contribution in [0.4, 0.5) is 0 Å². The average Bonchev–Trinajstić information content (AvgIpc) is 2.46. The normalized spacial score (nSPS) is 12.0. The van der Waals surface area contributed by atoms with Gasteiger partial charge in [-0.05, 0) is 49.4 Å². The van der Waals surface area contributed by atoms with Crippen LogP contribution in [0.15, 0.2) is 51.4 Å². The van der Waals surface area contributed by atoms with Crippen molar-refractivity contribution in [2.24, 2.45) is 5.73 Å². The molecule has 21 heavy (non-hydrogen) atoms. The minimum atomic E-state index is -0.0788. The molecule has 0 fully saturated rings. The van der Waals surface area contributed by atoms with Gasteiger partial charge in [-0.3, -0.25) is 0 Å². The van der Waals surface area contributed by atoms with Crippen LogP contribution < -0.4 is 15.2 Å². The summed E-state index contributed by atoms with van der Waals surface area (Å²) in [6, 6.07) is 13.5. The molecule has 112 valence electrons. The largest absolute Gasteiger partial charge is 0.490 e. The molecule has 2 N–H and O–H groups in total. The Morgan fingerprint density at radius 2 is 1.57 bits per heavy atom. The highest BCUT2D eigenvalue weighted by atomic mass is 79.9. The molecule has 0 amide bonds. The molecule has 0 spiro atoms. The number of ether oxygens (including phenoxy) is 2. The van der Waals surface area contributed by atoms with Crippen LogP contribution in [0.5, 0.6) is 11.5 Å². The van der Waals surface area contributed by atoms with Crippen LogP contribution in [-0.4, -0.2) is 13.2 Å². The van der Waals surface area contributed by atoms with E-state index < -0.39 is 0 Å². The van der Waals surface area contributed by atoms with Crippen molar-refractivity contribution >= 4 is 31.9 Å². The topological polar surface area (TPSA) is 44.5 Å². The first-order valence-electron chi connectivity index (χ1n) is 6.62. The molecule has 1 atom stereocenters. The van der Waals surface area contributed by atoms with Gasteiger partial charge in [-0.1, -0.05) is 31.9 Å². The van der Waals surface area contributed by atoms with Crippen molar-refractivity contribution in [3.05, 3.63) is 57.0 Å². The maximum Gasteiger partial charge on any atom is 0.124 e. The minimum Gasteiger partial charge on any atom is -0.490 e. The lowest BCUT2D eigenvalue weighted by molar-refractivity contribution is 0.215. The summed E-state index contributed by atoms with van der Waals surface area (Å²) in [7, 11) is 0. The number of rotatable bonds is 6. The van der Waals surface area contributed by atoms with E-state index >= 15 is 0 Å². The summed E-state index contributed by atoms with van der Waals surface area (Å²) in [5.74, 6) is 1.62. The molecule has 2 aromatic rings. The summed E-state index contributed by atoms with van der Waals surface area (Å²) in [4.78, 5) is 0. The smallest absolute Gasteiger partial charge is 0.124 e. The molecule has 3 nitrogen and oxygen atoms in total. The molecule has 0 bridgehead atoms. The van der Waals surface area contributed by atoms with Crippen molar-refractivity contribution in [1.29, 1.82) is 0 Å². The molecular weight excluding hydrogens is 398 g/mol. The lowest BCUT2D eigenvalue weighted by Crippen LogP contribution is -2.12. The molecule has 0 aliphatic rings. The minimum absolute atomic E-state index is 0.0788. The third-order valence-electron chi connectivity index (χ3n) is 2.89. The average molecular weight is 415 g/mol. The van der Waals surface area contributed by atoms with Gasteiger partial charge in [0, 0.05) is 20.6 Å². The van der Waals surface area contributed by atoms with Crippen LogP contribution in [0.2, 0.25) is 0 Å². The Balaban J connectivity index is 1.87. The predicted molar refractivity (Wildman–Crippen MR) is 91.9 cm³/mol. The second-order valence-corrected chi connectivity index (χ2v) is 6.45. The van der Waals surface area contributed by atoms with Gasteiger partial charge in [0.15, 0.2) is 0 Å². The van der Waals surface area contributed by atoms with Crippen LogP contribution in [-0.2, 0) is 0 Å². The van der Waals surface area contributed by atoms with Crippen molar-refractivity contribution < 1.29 is 9.47 Å². The van der Waals surface area contributed by atoms with Crippen LogP contribution in [0.3, 0.4) is 0 Å². The first kappa shape index (κ1) is 16.3. The van der Waals surface area contributed by atoms with Gasteiger partial charge in [0.2, 0.25) is 0 Å². The Bertz CT molecular complexity index is 585. The molecule has 0 aliphatic carbocycles. The van der Waals surface area contributed by atoms with Crippen LogP contribution >= 0.6 is 31.9 Å². The van der Waals surface area contributed by atoms with Gasteiger partial charge in [-0.15, -0.1) is 0 Å². The Morgan fingerprint density at radius 3 is 2.24 bits per heavy atom. The summed E-state index contributed by atoms with van der Waals surface area (Å²) in [5.41, 5.74) is 6.94. The lowest BCUT2D eigenvalue weighted by atomic mass is 10.1. The van der Waals surface area contributed by atoms with Crippen LogP contribution in [0.25, 0.3) is 0 Å². The highest BCUT2D eigenvalue weighted by molar-refractivity contribution is 9.10. The summed E-state index contributed by atoms with van der Waals surface area (Å²) >= 11 is 6.83. The van der Waals surface area contributed by atoms with Gasteiger partial charge in [-0.25, -0.2) is 0 Å².